The average Bonchev–Trinajstić information content (AvgIpc) is 2.71. The molecule has 1 N–H and O–H groups in total. The van der Waals surface area contributed by atoms with Crippen LogP contribution in [0.4, 0.5) is 5.69 Å². The molecule has 164 valence electrons. The van der Waals surface area contributed by atoms with Crippen molar-refractivity contribution in [3.63, 3.8) is 0 Å². The van der Waals surface area contributed by atoms with Gasteiger partial charge in [-0.3, -0.25) is 9.69 Å². The monoisotopic (exact) mass is 404 g/mol. The Hall–Kier alpha value is -1.59. The molecule has 0 saturated carbocycles. The predicted molar refractivity (Wildman–Crippen MR) is 120 cm³/mol. The van der Waals surface area contributed by atoms with E-state index in [0.29, 0.717) is 13.2 Å². The Bertz CT molecular complexity index is 597. The second-order valence-electron chi connectivity index (χ2n) is 8.47. The lowest BCUT2D eigenvalue weighted by Crippen LogP contribution is -2.42. The highest BCUT2D eigenvalue weighted by Gasteiger charge is 2.33. The second kappa shape index (κ2) is 12.2. The molecule has 1 aliphatic rings. The molecule has 5 nitrogen and oxygen atoms in total. The van der Waals surface area contributed by atoms with Crippen LogP contribution in [0.15, 0.2) is 24.3 Å². The highest BCUT2D eigenvalue weighted by atomic mass is 16.5. The van der Waals surface area contributed by atoms with Crippen molar-refractivity contribution >= 4 is 11.6 Å². The average molecular weight is 405 g/mol. The molecule has 0 spiro atoms. The summed E-state index contributed by atoms with van der Waals surface area (Å²) in [5.74, 6) is 1.61. The number of hydrogen-bond donors (Lipinski definition) is 1. The Morgan fingerprint density at radius 2 is 1.86 bits per heavy atom. The van der Waals surface area contributed by atoms with Crippen molar-refractivity contribution in [3.8, 4) is 5.75 Å². The highest BCUT2D eigenvalue weighted by Crippen LogP contribution is 2.23. The first-order valence-corrected chi connectivity index (χ1v) is 11.4. The fraction of sp³-hybridized carbons (Fsp3) is 0.708. The zero-order chi connectivity index (χ0) is 21.1. The van der Waals surface area contributed by atoms with Crippen molar-refractivity contribution < 1.29 is 14.3 Å². The van der Waals surface area contributed by atoms with Crippen LogP contribution < -0.4 is 10.1 Å². The number of nitrogens with one attached hydrogen (secondary N) is 1. The van der Waals surface area contributed by atoms with Crippen molar-refractivity contribution in [2.24, 2.45) is 5.92 Å². The Morgan fingerprint density at radius 3 is 2.48 bits per heavy atom. The van der Waals surface area contributed by atoms with E-state index in [1.54, 1.807) is 0 Å². The second-order valence-corrected chi connectivity index (χ2v) is 8.47. The summed E-state index contributed by atoms with van der Waals surface area (Å²) in [6, 6.07) is 7.63. The van der Waals surface area contributed by atoms with Gasteiger partial charge in [-0.1, -0.05) is 33.1 Å². The minimum Gasteiger partial charge on any atom is -0.492 e. The van der Waals surface area contributed by atoms with Crippen molar-refractivity contribution in [1.82, 2.24) is 4.90 Å². The Morgan fingerprint density at radius 1 is 1.17 bits per heavy atom. The molecule has 1 aliphatic heterocycles. The molecule has 1 saturated heterocycles. The number of unbranched alkanes of at least 4 members (excludes halogenated alkanes) is 2. The molecule has 29 heavy (non-hydrogen) atoms. The first kappa shape index (κ1) is 23.7. The van der Waals surface area contributed by atoms with Crippen LogP contribution in [0.25, 0.3) is 0 Å². The summed E-state index contributed by atoms with van der Waals surface area (Å²) in [6.45, 7) is 12.8. The number of hydrogen-bond acceptors (Lipinski definition) is 4. The van der Waals surface area contributed by atoms with Crippen LogP contribution in [0.1, 0.15) is 66.2 Å². The van der Waals surface area contributed by atoms with Gasteiger partial charge in [0.1, 0.15) is 18.0 Å². The molecule has 1 aromatic rings. The van der Waals surface area contributed by atoms with Gasteiger partial charge in [-0.15, -0.1) is 0 Å². The van der Waals surface area contributed by atoms with Crippen LogP contribution in [-0.4, -0.2) is 49.3 Å². The number of ether oxygens (including phenoxy) is 2. The third kappa shape index (κ3) is 7.98. The molecule has 0 aromatic heterocycles. The predicted octanol–water partition coefficient (Wildman–Crippen LogP) is 5.11. The maximum absolute atomic E-state index is 12.8. The third-order valence-corrected chi connectivity index (χ3v) is 5.87. The zero-order valence-corrected chi connectivity index (χ0v) is 18.8. The number of likely N-dealkylation sites (tertiary alicyclic amines) is 1. The van der Waals surface area contributed by atoms with Crippen molar-refractivity contribution in [2.75, 3.05) is 38.2 Å². The Balaban J connectivity index is 1.80. The number of benzene rings is 1. The van der Waals surface area contributed by atoms with Crippen LogP contribution in [0.3, 0.4) is 0 Å². The summed E-state index contributed by atoms with van der Waals surface area (Å²) in [5.41, 5.74) is -0.0146. The van der Waals surface area contributed by atoms with E-state index in [1.165, 1.54) is 25.9 Å². The molecule has 5 heteroatoms. The lowest BCUT2D eigenvalue weighted by atomic mass is 9.96. The molecule has 0 radical (unpaired) electrons. The van der Waals surface area contributed by atoms with Gasteiger partial charge in [-0.25, -0.2) is 0 Å². The summed E-state index contributed by atoms with van der Waals surface area (Å²) in [7, 11) is 0. The summed E-state index contributed by atoms with van der Waals surface area (Å²) in [6.07, 6.45) is 6.53. The van der Waals surface area contributed by atoms with Gasteiger partial charge in [0.25, 0.3) is 5.91 Å². The zero-order valence-electron chi connectivity index (χ0n) is 18.8. The summed E-state index contributed by atoms with van der Waals surface area (Å²) in [4.78, 5) is 15.3. The van der Waals surface area contributed by atoms with Crippen LogP contribution in [0, 0.1) is 5.92 Å². The highest BCUT2D eigenvalue weighted by molar-refractivity contribution is 5.97. The van der Waals surface area contributed by atoms with Gasteiger partial charge in [-0.05, 0) is 76.4 Å². The Labute approximate surface area is 177 Å². The SMILES string of the molecule is CCCCC[C@](C)(OCC)C(=O)Nc1ccc(OCCN2CCC(C)CC2)cc1. The normalized spacial score (nSPS) is 17.7. The maximum Gasteiger partial charge on any atom is 0.256 e. The molecule has 0 aliphatic carbocycles. The molecule has 1 amide bonds. The third-order valence-electron chi connectivity index (χ3n) is 5.87. The van der Waals surface area contributed by atoms with Gasteiger partial charge < -0.3 is 14.8 Å². The number of amides is 1. The number of nitrogens with zero attached hydrogens (tertiary/aromatic N) is 1. The van der Waals surface area contributed by atoms with E-state index in [0.717, 1.165) is 49.6 Å². The van der Waals surface area contributed by atoms with Crippen LogP contribution in [0.2, 0.25) is 0 Å². The van der Waals surface area contributed by atoms with E-state index < -0.39 is 5.60 Å². The van der Waals surface area contributed by atoms with E-state index in [-0.39, 0.29) is 5.91 Å². The van der Waals surface area contributed by atoms with Crippen molar-refractivity contribution in [1.29, 1.82) is 0 Å². The van der Waals surface area contributed by atoms with Crippen molar-refractivity contribution in [2.45, 2.75) is 71.8 Å². The lowest BCUT2D eigenvalue weighted by Gasteiger charge is -2.30. The summed E-state index contributed by atoms with van der Waals surface area (Å²) < 4.78 is 11.7. The smallest absolute Gasteiger partial charge is 0.256 e. The number of carbonyl (C=O) groups is 1. The standard InChI is InChI=1S/C24H40N2O3/c1-5-7-8-15-24(4,29-6-2)23(27)25-21-9-11-22(12-10-21)28-19-18-26-16-13-20(3)14-17-26/h9-12,20H,5-8,13-19H2,1-4H3,(H,25,27)/t24-/m0/s1. The minimum absolute atomic E-state index is 0.0801. The lowest BCUT2D eigenvalue weighted by molar-refractivity contribution is -0.139. The van der Waals surface area contributed by atoms with E-state index in [4.69, 9.17) is 9.47 Å². The van der Waals surface area contributed by atoms with E-state index in [2.05, 4.69) is 24.1 Å². The van der Waals surface area contributed by atoms with Gasteiger partial charge in [0.05, 0.1) is 0 Å². The number of rotatable bonds is 12. The Kier molecular flexibility index (Phi) is 9.95. The first-order valence-electron chi connectivity index (χ1n) is 11.4. The number of piperidine rings is 1. The van der Waals surface area contributed by atoms with E-state index >= 15 is 0 Å². The van der Waals surface area contributed by atoms with Gasteiger partial charge in [0.2, 0.25) is 0 Å². The number of anilines is 1. The summed E-state index contributed by atoms with van der Waals surface area (Å²) >= 11 is 0. The molecule has 1 fully saturated rings. The van der Waals surface area contributed by atoms with E-state index in [9.17, 15) is 4.79 Å². The van der Waals surface area contributed by atoms with E-state index in [1.807, 2.05) is 38.1 Å². The first-order chi connectivity index (χ1) is 14.0. The van der Waals surface area contributed by atoms with Crippen LogP contribution in [-0.2, 0) is 9.53 Å². The molecule has 0 unspecified atom stereocenters. The van der Waals surface area contributed by atoms with Gasteiger partial charge in [0.15, 0.2) is 0 Å². The van der Waals surface area contributed by atoms with Crippen LogP contribution in [0.5, 0.6) is 5.75 Å². The maximum atomic E-state index is 12.8. The fourth-order valence-corrected chi connectivity index (χ4v) is 3.76. The molecular weight excluding hydrogens is 364 g/mol. The molecule has 0 bridgehead atoms. The number of carbonyl (C=O) groups excluding carboxylic acids is 1. The van der Waals surface area contributed by atoms with Gasteiger partial charge in [-0.2, -0.15) is 0 Å². The molecule has 1 atom stereocenters. The molecule has 1 heterocycles. The van der Waals surface area contributed by atoms with Crippen LogP contribution >= 0.6 is 0 Å². The van der Waals surface area contributed by atoms with Crippen molar-refractivity contribution in [3.05, 3.63) is 24.3 Å². The minimum atomic E-state index is -0.787. The van der Waals surface area contributed by atoms with Gasteiger partial charge >= 0.3 is 0 Å². The largest absolute Gasteiger partial charge is 0.492 e. The molecule has 1 aromatic carbocycles. The summed E-state index contributed by atoms with van der Waals surface area (Å²) in [5, 5.41) is 3.01. The van der Waals surface area contributed by atoms with Gasteiger partial charge in [0, 0.05) is 18.8 Å². The topological polar surface area (TPSA) is 50.8 Å². The molecule has 2 rings (SSSR count). The molecular formula is C24H40N2O3. The quantitative estimate of drug-likeness (QED) is 0.492. The fourth-order valence-electron chi connectivity index (χ4n) is 3.76.